The van der Waals surface area contributed by atoms with Crippen LogP contribution in [0.5, 0.6) is 5.75 Å². The number of aliphatic hydroxyl groups excluding tert-OH is 1. The molecule has 1 saturated heterocycles. The van der Waals surface area contributed by atoms with Crippen LogP contribution in [0.2, 0.25) is 0 Å². The van der Waals surface area contributed by atoms with Gasteiger partial charge in [0, 0.05) is 12.0 Å². The first-order valence-electron chi connectivity index (χ1n) is 7.97. The lowest BCUT2D eigenvalue weighted by molar-refractivity contribution is -0.144. The predicted molar refractivity (Wildman–Crippen MR) is 83.5 cm³/mol. The third kappa shape index (κ3) is 5.00. The lowest BCUT2D eigenvalue weighted by atomic mass is 9.95. The fourth-order valence-electron chi connectivity index (χ4n) is 2.86. The van der Waals surface area contributed by atoms with Gasteiger partial charge in [0.05, 0.1) is 13.2 Å². The molecule has 1 aliphatic rings. The zero-order chi connectivity index (χ0) is 15.8. The van der Waals surface area contributed by atoms with E-state index in [1.165, 1.54) is 6.07 Å². The summed E-state index contributed by atoms with van der Waals surface area (Å²) in [5.74, 6) is 0.501. The average Bonchev–Trinajstić information content (AvgIpc) is 2.54. The molecule has 0 saturated carbocycles. The van der Waals surface area contributed by atoms with E-state index in [-0.39, 0.29) is 24.7 Å². The SMILES string of the molecule is O=C(CCc1cccc(O)c1CO)OCCC1CCNCC1. The summed E-state index contributed by atoms with van der Waals surface area (Å²) in [7, 11) is 0. The number of nitrogens with one attached hydrogen (secondary N) is 1. The molecule has 5 heteroatoms. The van der Waals surface area contributed by atoms with E-state index in [2.05, 4.69) is 5.32 Å². The van der Waals surface area contributed by atoms with Crippen molar-refractivity contribution in [1.82, 2.24) is 5.32 Å². The second-order valence-corrected chi connectivity index (χ2v) is 5.78. The molecule has 122 valence electrons. The van der Waals surface area contributed by atoms with Crippen LogP contribution in [0.4, 0.5) is 0 Å². The van der Waals surface area contributed by atoms with Crippen molar-refractivity contribution in [3.05, 3.63) is 29.3 Å². The molecule has 22 heavy (non-hydrogen) atoms. The fourth-order valence-corrected chi connectivity index (χ4v) is 2.86. The van der Waals surface area contributed by atoms with Crippen molar-refractivity contribution < 1.29 is 19.7 Å². The zero-order valence-corrected chi connectivity index (χ0v) is 12.9. The van der Waals surface area contributed by atoms with Gasteiger partial charge in [-0.25, -0.2) is 0 Å². The van der Waals surface area contributed by atoms with Crippen LogP contribution in [0.3, 0.4) is 0 Å². The van der Waals surface area contributed by atoms with Crippen LogP contribution in [-0.2, 0) is 22.6 Å². The van der Waals surface area contributed by atoms with E-state index >= 15 is 0 Å². The summed E-state index contributed by atoms with van der Waals surface area (Å²) >= 11 is 0. The molecule has 0 amide bonds. The highest BCUT2D eigenvalue weighted by Crippen LogP contribution is 2.22. The first-order valence-corrected chi connectivity index (χ1v) is 7.97. The smallest absolute Gasteiger partial charge is 0.306 e. The summed E-state index contributed by atoms with van der Waals surface area (Å²) in [4.78, 5) is 11.8. The van der Waals surface area contributed by atoms with Crippen molar-refractivity contribution >= 4 is 5.97 Å². The molecule has 0 radical (unpaired) electrons. The average molecular weight is 307 g/mol. The Labute approximate surface area is 131 Å². The van der Waals surface area contributed by atoms with Gasteiger partial charge in [0.25, 0.3) is 0 Å². The maximum absolute atomic E-state index is 11.8. The number of rotatable bonds is 7. The van der Waals surface area contributed by atoms with Crippen molar-refractivity contribution in [1.29, 1.82) is 0 Å². The molecular weight excluding hydrogens is 282 g/mol. The van der Waals surface area contributed by atoms with E-state index < -0.39 is 0 Å². The van der Waals surface area contributed by atoms with Gasteiger partial charge in [-0.05, 0) is 56.3 Å². The number of carbonyl (C=O) groups excluding carboxylic acids is 1. The normalized spacial score (nSPS) is 15.7. The van der Waals surface area contributed by atoms with Crippen molar-refractivity contribution in [3.8, 4) is 5.75 Å². The maximum atomic E-state index is 11.8. The van der Waals surface area contributed by atoms with Gasteiger partial charge in [0.1, 0.15) is 5.75 Å². The molecule has 1 aliphatic heterocycles. The number of aromatic hydroxyl groups is 1. The van der Waals surface area contributed by atoms with Gasteiger partial charge < -0.3 is 20.3 Å². The van der Waals surface area contributed by atoms with Crippen molar-refractivity contribution in [2.24, 2.45) is 5.92 Å². The van der Waals surface area contributed by atoms with E-state index in [4.69, 9.17) is 4.74 Å². The summed E-state index contributed by atoms with van der Waals surface area (Å²) in [6.45, 7) is 2.36. The summed E-state index contributed by atoms with van der Waals surface area (Å²) < 4.78 is 5.29. The molecule has 0 unspecified atom stereocenters. The Morgan fingerprint density at radius 1 is 1.32 bits per heavy atom. The summed E-state index contributed by atoms with van der Waals surface area (Å²) in [5, 5.41) is 22.2. The molecular formula is C17H25NO4. The van der Waals surface area contributed by atoms with E-state index in [0.717, 1.165) is 37.9 Å². The van der Waals surface area contributed by atoms with Gasteiger partial charge in [0.2, 0.25) is 0 Å². The van der Waals surface area contributed by atoms with Crippen molar-refractivity contribution in [3.63, 3.8) is 0 Å². The Balaban J connectivity index is 1.70. The molecule has 1 aromatic carbocycles. The number of esters is 1. The zero-order valence-electron chi connectivity index (χ0n) is 12.9. The highest BCUT2D eigenvalue weighted by molar-refractivity contribution is 5.69. The van der Waals surface area contributed by atoms with Gasteiger partial charge in [-0.15, -0.1) is 0 Å². The van der Waals surface area contributed by atoms with E-state index in [1.54, 1.807) is 6.07 Å². The first kappa shape index (κ1) is 16.8. The van der Waals surface area contributed by atoms with Gasteiger partial charge in [-0.3, -0.25) is 4.79 Å². The summed E-state index contributed by atoms with van der Waals surface area (Å²) in [5.41, 5.74) is 1.28. The molecule has 5 nitrogen and oxygen atoms in total. The lowest BCUT2D eigenvalue weighted by Crippen LogP contribution is -2.28. The Kier molecular flexibility index (Phi) is 6.68. The number of hydrogen-bond donors (Lipinski definition) is 3. The quantitative estimate of drug-likeness (QED) is 0.669. The number of aryl methyl sites for hydroxylation is 1. The largest absolute Gasteiger partial charge is 0.508 e. The first-order chi connectivity index (χ1) is 10.7. The Morgan fingerprint density at radius 2 is 2.09 bits per heavy atom. The van der Waals surface area contributed by atoms with Crippen LogP contribution < -0.4 is 5.32 Å². The number of carbonyl (C=O) groups is 1. The van der Waals surface area contributed by atoms with E-state index in [1.807, 2.05) is 6.07 Å². The van der Waals surface area contributed by atoms with Gasteiger partial charge >= 0.3 is 5.97 Å². The molecule has 1 heterocycles. The fraction of sp³-hybridized carbons (Fsp3) is 0.588. The Hall–Kier alpha value is -1.59. The third-order valence-electron chi connectivity index (χ3n) is 4.25. The molecule has 3 N–H and O–H groups in total. The van der Waals surface area contributed by atoms with Crippen molar-refractivity contribution in [2.45, 2.75) is 38.7 Å². The maximum Gasteiger partial charge on any atom is 0.306 e. The van der Waals surface area contributed by atoms with E-state index in [9.17, 15) is 15.0 Å². The third-order valence-corrected chi connectivity index (χ3v) is 4.25. The topological polar surface area (TPSA) is 78.8 Å². The number of benzene rings is 1. The predicted octanol–water partition coefficient (Wildman–Crippen LogP) is 1.75. The number of hydrogen-bond acceptors (Lipinski definition) is 5. The van der Waals surface area contributed by atoms with Gasteiger partial charge in [-0.2, -0.15) is 0 Å². The van der Waals surface area contributed by atoms with Crippen LogP contribution in [0.25, 0.3) is 0 Å². The van der Waals surface area contributed by atoms with Crippen LogP contribution >= 0.6 is 0 Å². The minimum absolute atomic E-state index is 0.0688. The van der Waals surface area contributed by atoms with Gasteiger partial charge in [-0.1, -0.05) is 12.1 Å². The molecule has 0 atom stereocenters. The van der Waals surface area contributed by atoms with Crippen LogP contribution in [0, 0.1) is 5.92 Å². The molecule has 0 bridgehead atoms. The number of phenols is 1. The molecule has 0 aliphatic carbocycles. The Bertz CT molecular complexity index is 484. The monoisotopic (exact) mass is 307 g/mol. The molecule has 0 spiro atoms. The highest BCUT2D eigenvalue weighted by Gasteiger charge is 2.14. The van der Waals surface area contributed by atoms with Gasteiger partial charge in [0.15, 0.2) is 0 Å². The van der Waals surface area contributed by atoms with Crippen LogP contribution in [-0.4, -0.2) is 35.9 Å². The molecule has 1 fully saturated rings. The van der Waals surface area contributed by atoms with Crippen LogP contribution in [0.1, 0.15) is 36.8 Å². The minimum atomic E-state index is -0.229. The number of aliphatic hydroxyl groups is 1. The molecule has 2 rings (SSSR count). The standard InChI is InChI=1S/C17H25NO4/c19-12-15-14(2-1-3-16(15)20)4-5-17(21)22-11-8-13-6-9-18-10-7-13/h1-3,13,18-20H,4-12H2. The summed E-state index contributed by atoms with van der Waals surface area (Å²) in [6.07, 6.45) is 3.97. The molecule has 0 aromatic heterocycles. The number of piperidine rings is 1. The Morgan fingerprint density at radius 3 is 2.82 bits per heavy atom. The highest BCUT2D eigenvalue weighted by atomic mass is 16.5. The van der Waals surface area contributed by atoms with Crippen molar-refractivity contribution in [2.75, 3.05) is 19.7 Å². The molecule has 1 aromatic rings. The second kappa shape index (κ2) is 8.76. The van der Waals surface area contributed by atoms with Crippen LogP contribution in [0.15, 0.2) is 18.2 Å². The van der Waals surface area contributed by atoms with E-state index in [0.29, 0.717) is 24.5 Å². The summed E-state index contributed by atoms with van der Waals surface area (Å²) in [6, 6.07) is 5.06. The second-order valence-electron chi connectivity index (χ2n) is 5.78. The lowest BCUT2D eigenvalue weighted by Gasteiger charge is -2.22. The minimum Gasteiger partial charge on any atom is -0.508 e. The number of ether oxygens (including phenoxy) is 1.